The third kappa shape index (κ3) is 5.94. The molecule has 0 aromatic heterocycles. The SMILES string of the molecule is CCCCCOc1ccc(C2C(=C(O)c3ccc4c(c3)CC(C)O4)C(=O)C(=O)N2Cc2ccccc2)cc1OCC. The highest BCUT2D eigenvalue weighted by molar-refractivity contribution is 6.46. The molecule has 2 aliphatic heterocycles. The number of amides is 1. The highest BCUT2D eigenvalue weighted by atomic mass is 16.5. The van der Waals surface area contributed by atoms with Gasteiger partial charge in [-0.15, -0.1) is 0 Å². The highest BCUT2D eigenvalue weighted by Crippen LogP contribution is 2.43. The van der Waals surface area contributed by atoms with Crippen molar-refractivity contribution < 1.29 is 28.9 Å². The largest absolute Gasteiger partial charge is 0.507 e. The number of aliphatic hydroxyl groups is 1. The summed E-state index contributed by atoms with van der Waals surface area (Å²) in [4.78, 5) is 28.6. The average Bonchev–Trinajstić information content (AvgIpc) is 3.47. The third-order valence-corrected chi connectivity index (χ3v) is 7.49. The zero-order chi connectivity index (χ0) is 28.9. The van der Waals surface area contributed by atoms with Crippen LogP contribution in [0.25, 0.3) is 5.76 Å². The Morgan fingerprint density at radius 3 is 2.54 bits per heavy atom. The monoisotopic (exact) mass is 555 g/mol. The van der Waals surface area contributed by atoms with Gasteiger partial charge in [0.1, 0.15) is 17.6 Å². The zero-order valence-corrected chi connectivity index (χ0v) is 23.9. The molecule has 1 saturated heterocycles. The first kappa shape index (κ1) is 28.3. The molecule has 41 heavy (non-hydrogen) atoms. The number of likely N-dealkylation sites (tertiary alicyclic amines) is 1. The molecule has 0 bridgehead atoms. The molecule has 214 valence electrons. The standard InChI is InChI=1S/C34H37NO6/c1-4-6-10-17-40-28-16-13-24(20-29(28)39-5-2)31-30(32(36)25-14-15-27-26(19-25)18-22(3)41-27)33(37)34(38)35(31)21-23-11-8-7-9-12-23/h7-9,11-16,19-20,22,31,36H,4-6,10,17-18,21H2,1-3H3. The van der Waals surface area contributed by atoms with Gasteiger partial charge in [-0.05, 0) is 67.3 Å². The van der Waals surface area contributed by atoms with Crippen molar-refractivity contribution in [2.75, 3.05) is 13.2 Å². The Morgan fingerprint density at radius 2 is 1.78 bits per heavy atom. The van der Waals surface area contributed by atoms with E-state index in [0.717, 1.165) is 36.1 Å². The number of ketones is 1. The van der Waals surface area contributed by atoms with Gasteiger partial charge in [0.2, 0.25) is 0 Å². The van der Waals surface area contributed by atoms with Gasteiger partial charge >= 0.3 is 0 Å². The summed E-state index contributed by atoms with van der Waals surface area (Å²) in [5, 5.41) is 11.6. The van der Waals surface area contributed by atoms with E-state index in [4.69, 9.17) is 14.2 Å². The minimum absolute atomic E-state index is 0.0403. The van der Waals surface area contributed by atoms with Crippen LogP contribution >= 0.6 is 0 Å². The van der Waals surface area contributed by atoms with E-state index in [1.54, 1.807) is 12.1 Å². The molecule has 2 heterocycles. The lowest BCUT2D eigenvalue weighted by atomic mass is 9.94. The second-order valence-electron chi connectivity index (χ2n) is 10.6. The number of Topliss-reactive ketones (excluding diaryl/α,β-unsaturated/α-hetero) is 1. The summed E-state index contributed by atoms with van der Waals surface area (Å²) in [5.41, 5.74) is 3.02. The summed E-state index contributed by atoms with van der Waals surface area (Å²) in [6, 6.07) is 19.6. The number of unbranched alkanes of at least 4 members (excludes halogenated alkanes) is 2. The Kier molecular flexibility index (Phi) is 8.62. The van der Waals surface area contributed by atoms with E-state index in [-0.39, 0.29) is 24.0 Å². The Balaban J connectivity index is 1.59. The molecule has 7 heteroatoms. The number of hydrogen-bond acceptors (Lipinski definition) is 6. The van der Waals surface area contributed by atoms with Crippen LogP contribution < -0.4 is 14.2 Å². The van der Waals surface area contributed by atoms with Gasteiger partial charge in [0.25, 0.3) is 11.7 Å². The van der Waals surface area contributed by atoms with Crippen molar-refractivity contribution in [3.63, 3.8) is 0 Å². The van der Waals surface area contributed by atoms with E-state index in [1.807, 2.05) is 68.4 Å². The molecule has 1 N–H and O–H groups in total. The van der Waals surface area contributed by atoms with Crippen LogP contribution in [0, 0.1) is 0 Å². The van der Waals surface area contributed by atoms with Crippen LogP contribution in [0.15, 0.2) is 72.3 Å². The number of nitrogens with zero attached hydrogens (tertiary/aromatic N) is 1. The topological polar surface area (TPSA) is 85.3 Å². The average molecular weight is 556 g/mol. The van der Waals surface area contributed by atoms with Gasteiger partial charge in [0.05, 0.1) is 24.8 Å². The molecule has 2 atom stereocenters. The smallest absolute Gasteiger partial charge is 0.295 e. The van der Waals surface area contributed by atoms with Crippen molar-refractivity contribution in [2.45, 2.75) is 65.1 Å². The second kappa shape index (κ2) is 12.5. The van der Waals surface area contributed by atoms with Crippen LogP contribution in [0.3, 0.4) is 0 Å². The van der Waals surface area contributed by atoms with Crippen LogP contribution in [-0.4, -0.2) is 41.0 Å². The molecule has 0 aliphatic carbocycles. The quantitative estimate of drug-likeness (QED) is 0.124. The molecule has 0 radical (unpaired) electrons. The predicted octanol–water partition coefficient (Wildman–Crippen LogP) is 6.60. The maximum Gasteiger partial charge on any atom is 0.295 e. The predicted molar refractivity (Wildman–Crippen MR) is 157 cm³/mol. The summed E-state index contributed by atoms with van der Waals surface area (Å²) >= 11 is 0. The first-order chi connectivity index (χ1) is 19.9. The molecular weight excluding hydrogens is 518 g/mol. The number of rotatable bonds is 11. The molecule has 3 aromatic carbocycles. The molecule has 0 saturated carbocycles. The van der Waals surface area contributed by atoms with Crippen molar-refractivity contribution in [3.05, 3.63) is 94.6 Å². The number of ether oxygens (including phenoxy) is 3. The number of fused-ring (bicyclic) bond motifs is 1. The molecule has 7 nitrogen and oxygen atoms in total. The van der Waals surface area contributed by atoms with Crippen molar-refractivity contribution in [2.24, 2.45) is 0 Å². The lowest BCUT2D eigenvalue weighted by molar-refractivity contribution is -0.140. The number of aliphatic hydroxyl groups excluding tert-OH is 1. The highest BCUT2D eigenvalue weighted by Gasteiger charge is 2.46. The lowest BCUT2D eigenvalue weighted by Gasteiger charge is -2.26. The lowest BCUT2D eigenvalue weighted by Crippen LogP contribution is -2.29. The number of carbonyl (C=O) groups is 2. The fraction of sp³-hybridized carbons (Fsp3) is 0.353. The molecule has 1 fully saturated rings. The van der Waals surface area contributed by atoms with Gasteiger partial charge in [-0.2, -0.15) is 0 Å². The van der Waals surface area contributed by atoms with E-state index in [0.29, 0.717) is 42.3 Å². The first-order valence-electron chi connectivity index (χ1n) is 14.4. The molecular formula is C34H37NO6. The fourth-order valence-electron chi connectivity index (χ4n) is 5.51. The Labute approximate surface area is 241 Å². The van der Waals surface area contributed by atoms with Crippen LogP contribution in [0.4, 0.5) is 0 Å². The van der Waals surface area contributed by atoms with E-state index in [2.05, 4.69) is 6.92 Å². The van der Waals surface area contributed by atoms with E-state index in [1.165, 1.54) is 4.90 Å². The van der Waals surface area contributed by atoms with Gasteiger partial charge in [-0.3, -0.25) is 9.59 Å². The Bertz CT molecular complexity index is 1450. The summed E-state index contributed by atoms with van der Waals surface area (Å²) in [6.45, 7) is 7.23. The normalized spacial score (nSPS) is 19.2. The Morgan fingerprint density at radius 1 is 0.976 bits per heavy atom. The van der Waals surface area contributed by atoms with Crippen molar-refractivity contribution in [1.82, 2.24) is 4.90 Å². The van der Waals surface area contributed by atoms with Crippen molar-refractivity contribution >= 4 is 17.4 Å². The number of hydrogen-bond donors (Lipinski definition) is 1. The van der Waals surface area contributed by atoms with Crippen molar-refractivity contribution in [3.8, 4) is 17.2 Å². The molecule has 0 spiro atoms. The van der Waals surface area contributed by atoms with Gasteiger partial charge < -0.3 is 24.2 Å². The van der Waals surface area contributed by atoms with E-state index in [9.17, 15) is 14.7 Å². The molecule has 2 aliphatic rings. The maximum atomic E-state index is 13.6. The van der Waals surface area contributed by atoms with Crippen LogP contribution in [0.5, 0.6) is 17.2 Å². The van der Waals surface area contributed by atoms with Crippen LogP contribution in [0.2, 0.25) is 0 Å². The molecule has 3 aromatic rings. The zero-order valence-electron chi connectivity index (χ0n) is 23.9. The minimum Gasteiger partial charge on any atom is -0.507 e. The minimum atomic E-state index is -0.813. The summed E-state index contributed by atoms with van der Waals surface area (Å²) < 4.78 is 17.8. The number of benzene rings is 3. The molecule has 5 rings (SSSR count). The van der Waals surface area contributed by atoms with Gasteiger partial charge in [-0.25, -0.2) is 0 Å². The summed E-state index contributed by atoms with van der Waals surface area (Å²) in [6.07, 6.45) is 3.85. The van der Waals surface area contributed by atoms with Gasteiger partial charge in [0, 0.05) is 18.5 Å². The van der Waals surface area contributed by atoms with Gasteiger partial charge in [0.15, 0.2) is 11.5 Å². The van der Waals surface area contributed by atoms with Crippen LogP contribution in [0.1, 0.15) is 68.3 Å². The van der Waals surface area contributed by atoms with Gasteiger partial charge in [-0.1, -0.05) is 56.2 Å². The summed E-state index contributed by atoms with van der Waals surface area (Å²) in [7, 11) is 0. The fourth-order valence-corrected chi connectivity index (χ4v) is 5.51. The van der Waals surface area contributed by atoms with Crippen molar-refractivity contribution in [1.29, 1.82) is 0 Å². The molecule has 1 amide bonds. The van der Waals surface area contributed by atoms with E-state index < -0.39 is 17.7 Å². The number of carbonyl (C=O) groups excluding carboxylic acids is 2. The van der Waals surface area contributed by atoms with E-state index >= 15 is 0 Å². The van der Waals surface area contributed by atoms with Crippen LogP contribution in [-0.2, 0) is 22.6 Å². The Hall–Kier alpha value is -4.26. The first-order valence-corrected chi connectivity index (χ1v) is 14.4. The maximum absolute atomic E-state index is 13.6. The summed E-state index contributed by atoms with van der Waals surface area (Å²) in [5.74, 6) is 0.341. The third-order valence-electron chi connectivity index (χ3n) is 7.49. The second-order valence-corrected chi connectivity index (χ2v) is 10.6. The molecule has 2 unspecified atom stereocenters.